The third-order valence-electron chi connectivity index (χ3n) is 3.38. The van der Waals surface area contributed by atoms with Crippen molar-refractivity contribution in [2.45, 2.75) is 19.5 Å². The first-order chi connectivity index (χ1) is 9.58. The second-order valence-corrected chi connectivity index (χ2v) is 4.85. The molecule has 1 aromatic heterocycles. The van der Waals surface area contributed by atoms with Crippen LogP contribution in [0, 0.1) is 0 Å². The van der Waals surface area contributed by atoms with Gasteiger partial charge in [0.25, 0.3) is 0 Å². The van der Waals surface area contributed by atoms with Crippen LogP contribution in [0.1, 0.15) is 34.6 Å². The third kappa shape index (κ3) is 3.42. The van der Waals surface area contributed by atoms with Crippen LogP contribution in [0.25, 0.3) is 0 Å². The lowest BCUT2D eigenvalue weighted by atomic mass is 10.1. The maximum atomic E-state index is 11.0. The SMILES string of the molecule is CC(c1ccccn1)N(C)Cc1cccc(C(=O)O)c1. The van der Waals surface area contributed by atoms with E-state index in [1.807, 2.05) is 31.3 Å². The van der Waals surface area contributed by atoms with E-state index in [9.17, 15) is 4.79 Å². The van der Waals surface area contributed by atoms with E-state index in [0.717, 1.165) is 11.3 Å². The van der Waals surface area contributed by atoms with Crippen LogP contribution < -0.4 is 0 Å². The molecular formula is C16H18N2O2. The minimum Gasteiger partial charge on any atom is -0.478 e. The molecule has 0 saturated carbocycles. The zero-order chi connectivity index (χ0) is 14.5. The molecule has 0 aliphatic carbocycles. The predicted molar refractivity (Wildman–Crippen MR) is 77.5 cm³/mol. The number of aromatic nitrogens is 1. The standard InChI is InChI=1S/C16H18N2O2/c1-12(15-8-3-4-9-17-15)18(2)11-13-6-5-7-14(10-13)16(19)20/h3-10,12H,11H2,1-2H3,(H,19,20). The van der Waals surface area contributed by atoms with Crippen LogP contribution in [0.5, 0.6) is 0 Å². The highest BCUT2D eigenvalue weighted by atomic mass is 16.4. The second-order valence-electron chi connectivity index (χ2n) is 4.85. The summed E-state index contributed by atoms with van der Waals surface area (Å²) in [5.41, 5.74) is 2.31. The smallest absolute Gasteiger partial charge is 0.335 e. The molecule has 4 heteroatoms. The Morgan fingerprint density at radius 2 is 2.10 bits per heavy atom. The van der Waals surface area contributed by atoms with Gasteiger partial charge in [-0.3, -0.25) is 9.88 Å². The monoisotopic (exact) mass is 270 g/mol. The van der Waals surface area contributed by atoms with E-state index < -0.39 is 5.97 Å². The first kappa shape index (κ1) is 14.2. The molecule has 0 saturated heterocycles. The highest BCUT2D eigenvalue weighted by Gasteiger charge is 2.13. The van der Waals surface area contributed by atoms with E-state index in [-0.39, 0.29) is 6.04 Å². The summed E-state index contributed by atoms with van der Waals surface area (Å²) in [6.45, 7) is 2.77. The van der Waals surface area contributed by atoms with Gasteiger partial charge >= 0.3 is 5.97 Å². The molecule has 1 N–H and O–H groups in total. The first-order valence-corrected chi connectivity index (χ1v) is 6.51. The lowest BCUT2D eigenvalue weighted by Crippen LogP contribution is -2.22. The molecule has 2 aromatic rings. The van der Waals surface area contributed by atoms with E-state index in [4.69, 9.17) is 5.11 Å². The normalized spacial score (nSPS) is 12.3. The predicted octanol–water partition coefficient (Wildman–Crippen LogP) is 2.97. The largest absolute Gasteiger partial charge is 0.478 e. The zero-order valence-electron chi connectivity index (χ0n) is 11.7. The summed E-state index contributed by atoms with van der Waals surface area (Å²) in [6, 6.07) is 13.1. The Balaban J connectivity index is 2.09. The lowest BCUT2D eigenvalue weighted by Gasteiger charge is -2.24. The van der Waals surface area contributed by atoms with E-state index in [1.54, 1.807) is 24.4 Å². The van der Waals surface area contributed by atoms with Crippen molar-refractivity contribution in [1.29, 1.82) is 0 Å². The number of carboxylic acids is 1. The van der Waals surface area contributed by atoms with E-state index in [0.29, 0.717) is 12.1 Å². The van der Waals surface area contributed by atoms with Crippen LogP contribution in [-0.4, -0.2) is 28.0 Å². The van der Waals surface area contributed by atoms with Gasteiger partial charge in [-0.1, -0.05) is 18.2 Å². The van der Waals surface area contributed by atoms with Gasteiger partial charge in [0.1, 0.15) is 0 Å². The number of rotatable bonds is 5. The van der Waals surface area contributed by atoms with E-state index in [1.165, 1.54) is 0 Å². The summed E-state index contributed by atoms with van der Waals surface area (Å²) < 4.78 is 0. The van der Waals surface area contributed by atoms with Gasteiger partial charge in [0.05, 0.1) is 11.3 Å². The molecule has 0 bridgehead atoms. The summed E-state index contributed by atoms with van der Waals surface area (Å²) in [4.78, 5) is 17.5. The molecule has 2 rings (SSSR count). The highest BCUT2D eigenvalue weighted by molar-refractivity contribution is 5.87. The summed E-state index contributed by atoms with van der Waals surface area (Å²) in [5, 5.41) is 9.01. The van der Waals surface area contributed by atoms with Crippen LogP contribution in [0.2, 0.25) is 0 Å². The molecular weight excluding hydrogens is 252 g/mol. The molecule has 1 aromatic carbocycles. The molecule has 20 heavy (non-hydrogen) atoms. The van der Waals surface area contributed by atoms with E-state index >= 15 is 0 Å². The molecule has 0 amide bonds. The highest BCUT2D eigenvalue weighted by Crippen LogP contribution is 2.18. The quantitative estimate of drug-likeness (QED) is 0.907. The molecule has 0 fully saturated rings. The minimum atomic E-state index is -0.896. The van der Waals surface area contributed by atoms with Crippen molar-refractivity contribution in [1.82, 2.24) is 9.88 Å². The maximum Gasteiger partial charge on any atom is 0.335 e. The molecule has 104 valence electrons. The van der Waals surface area contributed by atoms with Gasteiger partial charge in [-0.2, -0.15) is 0 Å². The fourth-order valence-electron chi connectivity index (χ4n) is 2.08. The number of aromatic carboxylic acids is 1. The van der Waals surface area contributed by atoms with Crippen LogP contribution in [-0.2, 0) is 6.54 Å². The van der Waals surface area contributed by atoms with Crippen molar-refractivity contribution in [3.05, 3.63) is 65.5 Å². The summed E-state index contributed by atoms with van der Waals surface area (Å²) in [7, 11) is 2.01. The fraction of sp³-hybridized carbons (Fsp3) is 0.250. The second kappa shape index (κ2) is 6.30. The molecule has 0 spiro atoms. The van der Waals surface area contributed by atoms with Gasteiger partial charge in [0.2, 0.25) is 0 Å². The van der Waals surface area contributed by atoms with Gasteiger partial charge in [-0.05, 0) is 43.8 Å². The number of nitrogens with zero attached hydrogens (tertiary/aromatic N) is 2. The van der Waals surface area contributed by atoms with Crippen molar-refractivity contribution in [3.63, 3.8) is 0 Å². The van der Waals surface area contributed by atoms with Gasteiger partial charge in [-0.25, -0.2) is 4.79 Å². The van der Waals surface area contributed by atoms with Gasteiger partial charge in [0.15, 0.2) is 0 Å². The Hall–Kier alpha value is -2.20. The van der Waals surface area contributed by atoms with Crippen molar-refractivity contribution in [2.75, 3.05) is 7.05 Å². The molecule has 0 aliphatic rings. The molecule has 1 atom stereocenters. The topological polar surface area (TPSA) is 53.4 Å². The van der Waals surface area contributed by atoms with Gasteiger partial charge in [-0.15, -0.1) is 0 Å². The van der Waals surface area contributed by atoms with Crippen molar-refractivity contribution >= 4 is 5.97 Å². The first-order valence-electron chi connectivity index (χ1n) is 6.51. The van der Waals surface area contributed by atoms with Crippen molar-refractivity contribution < 1.29 is 9.90 Å². The number of carbonyl (C=O) groups is 1. The zero-order valence-corrected chi connectivity index (χ0v) is 11.7. The number of hydrogen-bond donors (Lipinski definition) is 1. The van der Waals surface area contributed by atoms with Gasteiger partial charge in [0, 0.05) is 18.8 Å². The van der Waals surface area contributed by atoms with Gasteiger partial charge < -0.3 is 5.11 Å². The van der Waals surface area contributed by atoms with E-state index in [2.05, 4.69) is 16.8 Å². The Bertz CT molecular complexity index is 584. The third-order valence-corrected chi connectivity index (χ3v) is 3.38. The maximum absolute atomic E-state index is 11.0. The van der Waals surface area contributed by atoms with Crippen LogP contribution in [0.3, 0.4) is 0 Å². The molecule has 1 unspecified atom stereocenters. The number of pyridine rings is 1. The van der Waals surface area contributed by atoms with Crippen molar-refractivity contribution in [2.24, 2.45) is 0 Å². The number of carboxylic acid groups (broad SMARTS) is 1. The average molecular weight is 270 g/mol. The fourth-order valence-corrected chi connectivity index (χ4v) is 2.08. The lowest BCUT2D eigenvalue weighted by molar-refractivity contribution is 0.0696. The number of benzene rings is 1. The van der Waals surface area contributed by atoms with Crippen molar-refractivity contribution in [3.8, 4) is 0 Å². The minimum absolute atomic E-state index is 0.171. The Kier molecular flexibility index (Phi) is 4.48. The van der Waals surface area contributed by atoms with Crippen LogP contribution in [0.4, 0.5) is 0 Å². The Morgan fingerprint density at radius 1 is 1.30 bits per heavy atom. The summed E-state index contributed by atoms with van der Waals surface area (Å²) >= 11 is 0. The molecule has 4 nitrogen and oxygen atoms in total. The average Bonchev–Trinajstić information content (AvgIpc) is 2.47. The molecule has 0 aliphatic heterocycles. The molecule has 0 radical (unpaired) electrons. The van der Waals surface area contributed by atoms with Crippen LogP contribution in [0.15, 0.2) is 48.7 Å². The molecule has 1 heterocycles. The number of hydrogen-bond acceptors (Lipinski definition) is 3. The Morgan fingerprint density at radius 3 is 2.75 bits per heavy atom. The van der Waals surface area contributed by atoms with Crippen LogP contribution >= 0.6 is 0 Å². The Labute approximate surface area is 118 Å². The summed E-state index contributed by atoms with van der Waals surface area (Å²) in [6.07, 6.45) is 1.78. The summed E-state index contributed by atoms with van der Waals surface area (Å²) in [5.74, 6) is -0.896.